The van der Waals surface area contributed by atoms with Gasteiger partial charge in [0.25, 0.3) is 0 Å². The highest BCUT2D eigenvalue weighted by Crippen LogP contribution is 2.43. The summed E-state index contributed by atoms with van der Waals surface area (Å²) < 4.78 is 54.6. The minimum absolute atomic E-state index is 0.191. The molecule has 2 unspecified atom stereocenters. The number of hydrogen-bond acceptors (Lipinski definition) is 2. The number of halogens is 3. The quantitative estimate of drug-likeness (QED) is 0.383. The molecule has 4 rings (SSSR count). The van der Waals surface area contributed by atoms with Gasteiger partial charge >= 0.3 is 0 Å². The lowest BCUT2D eigenvalue weighted by Gasteiger charge is -2.30. The molecule has 2 nitrogen and oxygen atoms in total. The molecule has 0 amide bonds. The van der Waals surface area contributed by atoms with E-state index in [9.17, 15) is 13.2 Å². The molecule has 5 heteroatoms. The summed E-state index contributed by atoms with van der Waals surface area (Å²) in [5.41, 5.74) is 2.30. The Kier molecular flexibility index (Phi) is 8.00. The largest absolute Gasteiger partial charge is 0.497 e. The van der Waals surface area contributed by atoms with Gasteiger partial charge < -0.3 is 9.47 Å². The molecule has 1 aromatic carbocycles. The predicted molar refractivity (Wildman–Crippen MR) is 125 cm³/mol. The molecule has 1 aromatic rings. The van der Waals surface area contributed by atoms with Crippen molar-refractivity contribution in [2.24, 2.45) is 11.8 Å². The summed E-state index contributed by atoms with van der Waals surface area (Å²) in [7, 11) is 3.23. The lowest BCUT2D eigenvalue weighted by atomic mass is 9.76. The molecule has 1 saturated carbocycles. The number of benzene rings is 1. The normalized spacial score (nSPS) is 28.4. The summed E-state index contributed by atoms with van der Waals surface area (Å²) in [6.07, 6.45) is 12.4. The van der Waals surface area contributed by atoms with Gasteiger partial charge in [-0.3, -0.25) is 0 Å². The number of methoxy groups -OCH3 is 2. The highest BCUT2D eigenvalue weighted by atomic mass is 19.2. The van der Waals surface area contributed by atoms with Gasteiger partial charge in [0.2, 0.25) is 0 Å². The Morgan fingerprint density at radius 2 is 1.73 bits per heavy atom. The Morgan fingerprint density at radius 3 is 2.36 bits per heavy atom. The third kappa shape index (κ3) is 5.56. The van der Waals surface area contributed by atoms with Gasteiger partial charge in [-0.15, -0.1) is 0 Å². The highest BCUT2D eigenvalue weighted by molar-refractivity contribution is 5.37. The minimum atomic E-state index is -0.644. The fraction of sp³-hybridized carbons (Fsp3) is 0.571. The van der Waals surface area contributed by atoms with Crippen LogP contribution in [-0.2, 0) is 4.74 Å². The molecule has 0 aliphatic heterocycles. The van der Waals surface area contributed by atoms with Crippen molar-refractivity contribution in [1.82, 2.24) is 0 Å². The van der Waals surface area contributed by atoms with Crippen molar-refractivity contribution in [2.45, 2.75) is 76.2 Å². The summed E-state index contributed by atoms with van der Waals surface area (Å²) in [5, 5.41) is 0. The first-order valence-corrected chi connectivity index (χ1v) is 12.3. The molecule has 0 N–H and O–H groups in total. The van der Waals surface area contributed by atoms with Crippen molar-refractivity contribution < 1.29 is 22.6 Å². The van der Waals surface area contributed by atoms with Gasteiger partial charge in [-0.1, -0.05) is 23.8 Å². The van der Waals surface area contributed by atoms with Crippen LogP contribution in [0.4, 0.5) is 13.2 Å². The van der Waals surface area contributed by atoms with E-state index in [-0.39, 0.29) is 17.8 Å². The SMILES string of the molecule is COc1ccc(C2CCC(CCC3=CCC(C4=CCC(OC)CC4)C(F)=C3F)CC2)c(F)c1. The minimum Gasteiger partial charge on any atom is -0.497 e. The maximum absolute atomic E-state index is 14.9. The van der Waals surface area contributed by atoms with Crippen LogP contribution in [0.25, 0.3) is 0 Å². The maximum atomic E-state index is 14.9. The fourth-order valence-electron chi connectivity index (χ4n) is 5.73. The zero-order valence-electron chi connectivity index (χ0n) is 19.7. The van der Waals surface area contributed by atoms with Crippen molar-refractivity contribution in [3.05, 3.63) is 64.5 Å². The molecule has 3 aliphatic rings. The summed E-state index contributed by atoms with van der Waals surface area (Å²) in [6, 6.07) is 5.10. The Bertz CT molecular complexity index is 925. The third-order valence-electron chi connectivity index (χ3n) is 7.89. The first-order chi connectivity index (χ1) is 16.0. The van der Waals surface area contributed by atoms with Crippen molar-refractivity contribution in [2.75, 3.05) is 14.2 Å². The molecule has 180 valence electrons. The zero-order chi connectivity index (χ0) is 23.4. The van der Waals surface area contributed by atoms with Crippen LogP contribution in [0.5, 0.6) is 5.75 Å². The second-order valence-corrected chi connectivity index (χ2v) is 9.73. The third-order valence-corrected chi connectivity index (χ3v) is 7.89. The van der Waals surface area contributed by atoms with E-state index >= 15 is 0 Å². The van der Waals surface area contributed by atoms with Crippen LogP contribution in [0.15, 0.2) is 53.2 Å². The van der Waals surface area contributed by atoms with Gasteiger partial charge in [0, 0.05) is 19.1 Å². The van der Waals surface area contributed by atoms with Gasteiger partial charge in [0.15, 0.2) is 5.83 Å². The van der Waals surface area contributed by atoms with E-state index in [0.717, 1.165) is 62.5 Å². The average Bonchev–Trinajstić information content (AvgIpc) is 2.85. The molecule has 0 bridgehead atoms. The standard InChI is InChI=1S/C28H35F3O2/c1-32-22-12-9-20(10-13-22)25-15-11-21(27(30)28(25)31)8-5-18-3-6-19(7-4-18)24-16-14-23(33-2)17-26(24)29/h9,11,14,16-19,22,25H,3-8,10,12-13,15H2,1-2H3. The van der Waals surface area contributed by atoms with Crippen molar-refractivity contribution >= 4 is 0 Å². The molecule has 0 heterocycles. The van der Waals surface area contributed by atoms with Gasteiger partial charge in [0.1, 0.15) is 17.4 Å². The fourth-order valence-corrected chi connectivity index (χ4v) is 5.73. The Labute approximate surface area is 195 Å². The van der Waals surface area contributed by atoms with E-state index in [1.165, 1.54) is 13.2 Å². The van der Waals surface area contributed by atoms with E-state index in [0.29, 0.717) is 30.1 Å². The summed E-state index contributed by atoms with van der Waals surface area (Å²) in [6.45, 7) is 0. The number of hydrogen-bond donors (Lipinski definition) is 0. The Hall–Kier alpha value is -2.01. The Morgan fingerprint density at radius 1 is 0.939 bits per heavy atom. The topological polar surface area (TPSA) is 18.5 Å². The molecule has 0 saturated heterocycles. The highest BCUT2D eigenvalue weighted by Gasteiger charge is 2.31. The van der Waals surface area contributed by atoms with E-state index in [2.05, 4.69) is 0 Å². The summed E-state index contributed by atoms with van der Waals surface area (Å²) in [4.78, 5) is 0. The van der Waals surface area contributed by atoms with Gasteiger partial charge in [0.05, 0.1) is 13.2 Å². The monoisotopic (exact) mass is 460 g/mol. The van der Waals surface area contributed by atoms with E-state index in [4.69, 9.17) is 9.47 Å². The van der Waals surface area contributed by atoms with Gasteiger partial charge in [-0.2, -0.15) is 0 Å². The number of ether oxygens (including phenoxy) is 2. The van der Waals surface area contributed by atoms with E-state index in [1.54, 1.807) is 7.11 Å². The lowest BCUT2D eigenvalue weighted by molar-refractivity contribution is 0.0928. The molecule has 3 aliphatic carbocycles. The van der Waals surface area contributed by atoms with E-state index < -0.39 is 17.6 Å². The van der Waals surface area contributed by atoms with Crippen LogP contribution in [0.3, 0.4) is 0 Å². The maximum Gasteiger partial charge on any atom is 0.158 e. The molecule has 0 spiro atoms. The first-order valence-electron chi connectivity index (χ1n) is 12.3. The van der Waals surface area contributed by atoms with Crippen LogP contribution < -0.4 is 4.74 Å². The summed E-state index contributed by atoms with van der Waals surface area (Å²) >= 11 is 0. The molecule has 0 radical (unpaired) electrons. The van der Waals surface area contributed by atoms with Crippen LogP contribution >= 0.6 is 0 Å². The second-order valence-electron chi connectivity index (χ2n) is 9.73. The van der Waals surface area contributed by atoms with Crippen LogP contribution in [0.1, 0.15) is 75.7 Å². The predicted octanol–water partition coefficient (Wildman–Crippen LogP) is 8.11. The van der Waals surface area contributed by atoms with Crippen LogP contribution in [0.2, 0.25) is 0 Å². The molecular weight excluding hydrogens is 425 g/mol. The summed E-state index contributed by atoms with van der Waals surface area (Å²) in [5.74, 6) is -0.645. The van der Waals surface area contributed by atoms with Crippen molar-refractivity contribution in [3.63, 3.8) is 0 Å². The van der Waals surface area contributed by atoms with Crippen LogP contribution in [0, 0.1) is 17.7 Å². The lowest BCUT2D eigenvalue weighted by Crippen LogP contribution is -2.19. The molecule has 2 atom stereocenters. The Balaban J connectivity index is 1.28. The molecule has 1 fully saturated rings. The van der Waals surface area contributed by atoms with Crippen LogP contribution in [-0.4, -0.2) is 20.3 Å². The van der Waals surface area contributed by atoms with Crippen molar-refractivity contribution in [3.8, 4) is 5.75 Å². The zero-order valence-corrected chi connectivity index (χ0v) is 19.7. The average molecular weight is 461 g/mol. The van der Waals surface area contributed by atoms with E-state index in [1.807, 2.05) is 24.3 Å². The van der Waals surface area contributed by atoms with Gasteiger partial charge in [-0.25, -0.2) is 13.2 Å². The second kappa shape index (κ2) is 10.9. The number of allylic oxidation sites excluding steroid dienone is 5. The molecular formula is C28H35F3O2. The first kappa shape index (κ1) is 24.1. The number of rotatable bonds is 7. The van der Waals surface area contributed by atoms with Crippen molar-refractivity contribution in [1.29, 1.82) is 0 Å². The molecule has 33 heavy (non-hydrogen) atoms. The molecule has 0 aromatic heterocycles. The smallest absolute Gasteiger partial charge is 0.158 e. The van der Waals surface area contributed by atoms with Gasteiger partial charge in [-0.05, 0) is 93.2 Å².